The molecule has 2 amide bonds. The number of rotatable bonds is 2. The summed E-state index contributed by atoms with van der Waals surface area (Å²) in [6.45, 7) is 4.88. The first kappa shape index (κ1) is 13.8. The minimum atomic E-state index is -1.54. The van der Waals surface area contributed by atoms with Crippen LogP contribution in [0.3, 0.4) is 0 Å². The van der Waals surface area contributed by atoms with E-state index in [4.69, 9.17) is 0 Å². The molecule has 3 fully saturated rings. The lowest BCUT2D eigenvalue weighted by atomic mass is 9.72. The molecule has 2 heterocycles. The molecule has 2 aliphatic heterocycles. The van der Waals surface area contributed by atoms with Crippen LogP contribution in [0.5, 0.6) is 0 Å². The van der Waals surface area contributed by atoms with Crippen LogP contribution >= 0.6 is 0 Å². The van der Waals surface area contributed by atoms with Gasteiger partial charge in [0, 0.05) is 32.6 Å². The van der Waals surface area contributed by atoms with Gasteiger partial charge in [0.15, 0.2) is 5.67 Å². The maximum Gasteiger partial charge on any atom is 0.260 e. The highest BCUT2D eigenvalue weighted by Crippen LogP contribution is 2.44. The summed E-state index contributed by atoms with van der Waals surface area (Å²) in [5.74, 6) is -0.0519. The molecule has 3 rings (SSSR count). The number of halogens is 1. The number of hydrogen-bond donors (Lipinski definition) is 0. The maximum absolute atomic E-state index is 13.8. The van der Waals surface area contributed by atoms with E-state index in [1.807, 2.05) is 11.8 Å². The largest absolute Gasteiger partial charge is 0.342 e. The average molecular weight is 282 g/mol. The highest BCUT2D eigenvalue weighted by atomic mass is 19.1. The predicted molar refractivity (Wildman–Crippen MR) is 72.8 cm³/mol. The Morgan fingerprint density at radius 2 is 1.85 bits per heavy atom. The number of nitrogens with zero attached hydrogens (tertiary/aromatic N) is 2. The van der Waals surface area contributed by atoms with Gasteiger partial charge >= 0.3 is 0 Å². The van der Waals surface area contributed by atoms with Crippen LogP contribution in [0.4, 0.5) is 4.39 Å². The lowest BCUT2D eigenvalue weighted by Gasteiger charge is -2.47. The fourth-order valence-electron chi connectivity index (χ4n) is 3.59. The van der Waals surface area contributed by atoms with Crippen molar-refractivity contribution in [3.05, 3.63) is 0 Å². The molecule has 0 unspecified atom stereocenters. The van der Waals surface area contributed by atoms with E-state index in [9.17, 15) is 14.0 Å². The Balaban J connectivity index is 1.60. The minimum absolute atomic E-state index is 0.160. The van der Waals surface area contributed by atoms with E-state index in [1.165, 1.54) is 0 Å². The Bertz CT molecular complexity index is 426. The molecule has 3 aliphatic rings. The number of carbonyl (C=O) groups excluding carboxylic acids is 2. The molecule has 0 aromatic rings. The monoisotopic (exact) mass is 282 g/mol. The second-order valence-electron chi connectivity index (χ2n) is 6.67. The van der Waals surface area contributed by atoms with Gasteiger partial charge < -0.3 is 9.80 Å². The van der Waals surface area contributed by atoms with Gasteiger partial charge in [-0.25, -0.2) is 4.39 Å². The number of amides is 2. The molecule has 1 spiro atoms. The summed E-state index contributed by atoms with van der Waals surface area (Å²) in [4.78, 5) is 27.4. The smallest absolute Gasteiger partial charge is 0.260 e. The summed E-state index contributed by atoms with van der Waals surface area (Å²) in [6.07, 6.45) is 4.13. The van der Waals surface area contributed by atoms with E-state index >= 15 is 0 Å². The Morgan fingerprint density at radius 3 is 2.40 bits per heavy atom. The fraction of sp³-hybridized carbons (Fsp3) is 0.867. The van der Waals surface area contributed by atoms with Gasteiger partial charge in [0.1, 0.15) is 0 Å². The van der Waals surface area contributed by atoms with E-state index < -0.39 is 5.67 Å². The zero-order valence-electron chi connectivity index (χ0n) is 12.2. The average Bonchev–Trinajstić information content (AvgIpc) is 3.21. The summed E-state index contributed by atoms with van der Waals surface area (Å²) in [5, 5.41) is 0. The first-order chi connectivity index (χ1) is 9.48. The van der Waals surface area contributed by atoms with E-state index in [-0.39, 0.29) is 17.2 Å². The number of likely N-dealkylation sites (tertiary alicyclic amines) is 2. The molecule has 1 aliphatic carbocycles. The van der Waals surface area contributed by atoms with Gasteiger partial charge in [-0.05, 0) is 44.4 Å². The topological polar surface area (TPSA) is 40.6 Å². The second kappa shape index (κ2) is 4.71. The molecule has 2 saturated heterocycles. The second-order valence-corrected chi connectivity index (χ2v) is 6.67. The van der Waals surface area contributed by atoms with Gasteiger partial charge in [-0.1, -0.05) is 0 Å². The lowest BCUT2D eigenvalue weighted by Crippen LogP contribution is -2.53. The summed E-state index contributed by atoms with van der Waals surface area (Å²) < 4.78 is 13.8. The molecule has 20 heavy (non-hydrogen) atoms. The number of hydrogen-bond acceptors (Lipinski definition) is 2. The molecule has 0 atom stereocenters. The van der Waals surface area contributed by atoms with Crippen LogP contribution in [0.1, 0.15) is 45.4 Å². The summed E-state index contributed by atoms with van der Waals surface area (Å²) in [5.41, 5.74) is -1.38. The molecule has 5 heteroatoms. The van der Waals surface area contributed by atoms with Crippen molar-refractivity contribution >= 4 is 11.8 Å². The van der Waals surface area contributed by atoms with Crippen molar-refractivity contribution in [2.75, 3.05) is 26.2 Å². The van der Waals surface area contributed by atoms with Gasteiger partial charge in [-0.2, -0.15) is 0 Å². The summed E-state index contributed by atoms with van der Waals surface area (Å²) in [6, 6.07) is 0. The van der Waals surface area contributed by atoms with Gasteiger partial charge in [0.25, 0.3) is 5.91 Å². The molecule has 0 bridgehead atoms. The van der Waals surface area contributed by atoms with Crippen molar-refractivity contribution < 1.29 is 14.0 Å². The molecule has 1 saturated carbocycles. The zero-order chi connectivity index (χ0) is 14.4. The van der Waals surface area contributed by atoms with Crippen molar-refractivity contribution in [2.45, 2.75) is 51.1 Å². The third-order valence-corrected chi connectivity index (χ3v) is 5.31. The Hall–Kier alpha value is -1.13. The van der Waals surface area contributed by atoms with Gasteiger partial charge in [-0.3, -0.25) is 9.59 Å². The minimum Gasteiger partial charge on any atom is -0.342 e. The predicted octanol–water partition coefficient (Wildman–Crippen LogP) is 1.74. The molecule has 0 radical (unpaired) electrons. The molecule has 0 aromatic heterocycles. The quantitative estimate of drug-likeness (QED) is 0.774. The van der Waals surface area contributed by atoms with Crippen molar-refractivity contribution in [1.82, 2.24) is 9.80 Å². The van der Waals surface area contributed by atoms with Crippen LogP contribution in [-0.4, -0.2) is 53.5 Å². The van der Waals surface area contributed by atoms with E-state index in [1.54, 1.807) is 4.90 Å². The SMILES string of the molecule is CCN1CC2(CCC1=O)CCN(C(=O)C1(F)CC1)CC2. The molecular weight excluding hydrogens is 259 g/mol. The molecule has 0 aromatic carbocycles. The van der Waals surface area contributed by atoms with Crippen LogP contribution in [0.25, 0.3) is 0 Å². The molecule has 0 N–H and O–H groups in total. The van der Waals surface area contributed by atoms with Crippen molar-refractivity contribution in [3.63, 3.8) is 0 Å². The van der Waals surface area contributed by atoms with Gasteiger partial charge in [0.2, 0.25) is 5.91 Å². The number of piperidine rings is 2. The highest BCUT2D eigenvalue weighted by Gasteiger charge is 2.54. The number of carbonyl (C=O) groups is 2. The third-order valence-electron chi connectivity index (χ3n) is 5.31. The maximum atomic E-state index is 13.8. The first-order valence-electron chi connectivity index (χ1n) is 7.74. The molecular formula is C15H23FN2O2. The van der Waals surface area contributed by atoms with Crippen LogP contribution in [0.2, 0.25) is 0 Å². The lowest BCUT2D eigenvalue weighted by molar-refractivity contribution is -0.145. The normalized spacial score (nSPS) is 27.8. The summed E-state index contributed by atoms with van der Waals surface area (Å²) >= 11 is 0. The first-order valence-corrected chi connectivity index (χ1v) is 7.74. The Kier molecular flexibility index (Phi) is 3.26. The Morgan fingerprint density at radius 1 is 1.20 bits per heavy atom. The molecule has 4 nitrogen and oxygen atoms in total. The number of alkyl halides is 1. The standard InChI is InChI=1S/C15H23FN2O2/c1-2-17-11-14(4-3-12(17)19)7-9-18(10-8-14)13(20)15(16)5-6-15/h2-11H2,1H3. The van der Waals surface area contributed by atoms with Crippen LogP contribution in [0.15, 0.2) is 0 Å². The van der Waals surface area contributed by atoms with Crippen LogP contribution in [0, 0.1) is 5.41 Å². The Labute approximate surface area is 119 Å². The van der Waals surface area contributed by atoms with Crippen LogP contribution in [-0.2, 0) is 9.59 Å². The molecule has 112 valence electrons. The highest BCUT2D eigenvalue weighted by molar-refractivity contribution is 5.88. The van der Waals surface area contributed by atoms with Gasteiger partial charge in [-0.15, -0.1) is 0 Å². The van der Waals surface area contributed by atoms with Crippen molar-refractivity contribution in [3.8, 4) is 0 Å². The third kappa shape index (κ3) is 2.31. The van der Waals surface area contributed by atoms with E-state index in [2.05, 4.69) is 0 Å². The van der Waals surface area contributed by atoms with E-state index in [0.717, 1.165) is 32.4 Å². The van der Waals surface area contributed by atoms with Crippen molar-refractivity contribution in [1.29, 1.82) is 0 Å². The van der Waals surface area contributed by atoms with Gasteiger partial charge in [0.05, 0.1) is 0 Å². The zero-order valence-corrected chi connectivity index (χ0v) is 12.2. The van der Waals surface area contributed by atoms with Crippen molar-refractivity contribution in [2.24, 2.45) is 5.41 Å². The van der Waals surface area contributed by atoms with Crippen LogP contribution < -0.4 is 0 Å². The fourth-order valence-corrected chi connectivity index (χ4v) is 3.59. The summed E-state index contributed by atoms with van der Waals surface area (Å²) in [7, 11) is 0. The van der Waals surface area contributed by atoms with E-state index in [0.29, 0.717) is 32.4 Å².